The Bertz CT molecular complexity index is 423. The number of nitrogens with zero attached hydrogens (tertiary/aromatic N) is 3. The number of pyridine rings is 1. The van der Waals surface area contributed by atoms with Crippen molar-refractivity contribution in [2.75, 3.05) is 6.54 Å². The molecule has 0 radical (unpaired) electrons. The highest BCUT2D eigenvalue weighted by Gasteiger charge is 2.06. The summed E-state index contributed by atoms with van der Waals surface area (Å²) in [7, 11) is 0. The summed E-state index contributed by atoms with van der Waals surface area (Å²) < 4.78 is 14.7. The molecule has 0 aliphatic heterocycles. The molecular weight excluding hydrogens is 171 g/mol. The van der Waals surface area contributed by atoms with E-state index in [1.165, 1.54) is 6.07 Å². The van der Waals surface area contributed by atoms with Crippen LogP contribution in [0.5, 0.6) is 0 Å². The molecule has 2 heterocycles. The lowest BCUT2D eigenvalue weighted by atomic mass is 10.4. The highest BCUT2D eigenvalue weighted by molar-refractivity contribution is 5.39. The third kappa shape index (κ3) is 1.27. The van der Waals surface area contributed by atoms with Gasteiger partial charge in [-0.25, -0.2) is 4.39 Å². The van der Waals surface area contributed by atoms with E-state index in [0.29, 0.717) is 18.8 Å². The maximum Gasteiger partial charge on any atom is 0.196 e. The molecule has 13 heavy (non-hydrogen) atoms. The van der Waals surface area contributed by atoms with Crippen molar-refractivity contribution in [3.8, 4) is 0 Å². The van der Waals surface area contributed by atoms with Crippen LogP contribution in [0.1, 0.15) is 5.82 Å². The van der Waals surface area contributed by atoms with Gasteiger partial charge >= 0.3 is 0 Å². The Morgan fingerprint density at radius 1 is 1.46 bits per heavy atom. The van der Waals surface area contributed by atoms with E-state index in [0.717, 1.165) is 0 Å². The van der Waals surface area contributed by atoms with Gasteiger partial charge in [-0.3, -0.25) is 4.40 Å². The fourth-order valence-electron chi connectivity index (χ4n) is 1.23. The zero-order chi connectivity index (χ0) is 9.26. The van der Waals surface area contributed by atoms with E-state index >= 15 is 0 Å². The van der Waals surface area contributed by atoms with Crippen LogP contribution in [0.25, 0.3) is 5.65 Å². The molecule has 0 amide bonds. The number of rotatable bonds is 2. The van der Waals surface area contributed by atoms with E-state index in [1.54, 1.807) is 16.7 Å². The lowest BCUT2D eigenvalue weighted by molar-refractivity contribution is 0.629. The van der Waals surface area contributed by atoms with E-state index in [1.807, 2.05) is 0 Å². The van der Waals surface area contributed by atoms with Crippen molar-refractivity contribution >= 4 is 5.65 Å². The number of aromatic nitrogens is 3. The van der Waals surface area contributed by atoms with Gasteiger partial charge in [-0.15, -0.1) is 10.2 Å². The van der Waals surface area contributed by atoms with Gasteiger partial charge in [0, 0.05) is 12.6 Å². The number of hydrogen-bond donors (Lipinski definition) is 1. The Labute approximate surface area is 74.2 Å². The zero-order valence-electron chi connectivity index (χ0n) is 6.94. The van der Waals surface area contributed by atoms with Crippen molar-refractivity contribution in [2.24, 2.45) is 5.73 Å². The summed E-state index contributed by atoms with van der Waals surface area (Å²) in [6, 6.07) is 2.97. The van der Waals surface area contributed by atoms with Gasteiger partial charge in [-0.05, 0) is 18.7 Å². The monoisotopic (exact) mass is 180 g/mol. The van der Waals surface area contributed by atoms with Crippen LogP contribution in [-0.4, -0.2) is 21.1 Å². The smallest absolute Gasteiger partial charge is 0.196 e. The largest absolute Gasteiger partial charge is 0.330 e. The molecule has 2 aromatic heterocycles. The molecule has 0 saturated carbocycles. The summed E-state index contributed by atoms with van der Waals surface area (Å²) >= 11 is 0. The van der Waals surface area contributed by atoms with Crippen LogP contribution in [0.15, 0.2) is 18.3 Å². The van der Waals surface area contributed by atoms with Crippen molar-refractivity contribution in [1.82, 2.24) is 14.6 Å². The van der Waals surface area contributed by atoms with Crippen molar-refractivity contribution < 1.29 is 4.39 Å². The first kappa shape index (κ1) is 8.12. The van der Waals surface area contributed by atoms with Crippen LogP contribution in [0, 0.1) is 5.82 Å². The van der Waals surface area contributed by atoms with Crippen LogP contribution in [-0.2, 0) is 6.42 Å². The number of fused-ring (bicyclic) bond motifs is 1. The molecule has 68 valence electrons. The Kier molecular flexibility index (Phi) is 1.94. The Balaban J connectivity index is 2.61. The second-order valence-electron chi connectivity index (χ2n) is 2.70. The van der Waals surface area contributed by atoms with Crippen LogP contribution < -0.4 is 5.73 Å². The van der Waals surface area contributed by atoms with Crippen molar-refractivity contribution in [3.05, 3.63) is 30.0 Å². The molecule has 2 N–H and O–H groups in total. The zero-order valence-corrected chi connectivity index (χ0v) is 6.94. The molecule has 0 unspecified atom stereocenters. The molecule has 2 aromatic rings. The fraction of sp³-hybridized carbons (Fsp3) is 0.250. The molecule has 0 aliphatic rings. The molecule has 0 aromatic carbocycles. The second kappa shape index (κ2) is 3.10. The predicted molar refractivity (Wildman–Crippen MR) is 45.7 cm³/mol. The van der Waals surface area contributed by atoms with E-state index < -0.39 is 0 Å². The lowest BCUT2D eigenvalue weighted by Crippen LogP contribution is -2.06. The van der Waals surface area contributed by atoms with Crippen LogP contribution in [0.4, 0.5) is 4.39 Å². The summed E-state index contributed by atoms with van der Waals surface area (Å²) in [5.74, 6) is 0.329. The van der Waals surface area contributed by atoms with E-state index in [9.17, 15) is 4.39 Å². The van der Waals surface area contributed by atoms with Gasteiger partial charge in [0.2, 0.25) is 0 Å². The van der Waals surface area contributed by atoms with E-state index in [4.69, 9.17) is 5.73 Å². The lowest BCUT2D eigenvalue weighted by Gasteiger charge is -1.96. The minimum absolute atomic E-state index is 0.256. The summed E-state index contributed by atoms with van der Waals surface area (Å²) in [6.07, 6.45) is 2.33. The van der Waals surface area contributed by atoms with Crippen LogP contribution in [0.3, 0.4) is 0 Å². The Hall–Kier alpha value is -1.49. The summed E-state index contributed by atoms with van der Waals surface area (Å²) in [5, 5.41) is 7.56. The van der Waals surface area contributed by atoms with Crippen molar-refractivity contribution in [2.45, 2.75) is 6.42 Å². The first-order valence-corrected chi connectivity index (χ1v) is 4.01. The molecule has 0 atom stereocenters. The summed E-state index contributed by atoms with van der Waals surface area (Å²) in [5.41, 5.74) is 5.63. The molecule has 0 bridgehead atoms. The van der Waals surface area contributed by atoms with Crippen LogP contribution >= 0.6 is 0 Å². The Morgan fingerprint density at radius 2 is 2.31 bits per heavy atom. The molecule has 0 saturated heterocycles. The highest BCUT2D eigenvalue weighted by Crippen LogP contribution is 2.07. The van der Waals surface area contributed by atoms with Crippen molar-refractivity contribution in [1.29, 1.82) is 0 Å². The fourth-order valence-corrected chi connectivity index (χ4v) is 1.23. The van der Waals surface area contributed by atoms with Crippen LogP contribution in [0.2, 0.25) is 0 Å². The first-order chi connectivity index (χ1) is 6.33. The van der Waals surface area contributed by atoms with Gasteiger partial charge in [-0.1, -0.05) is 0 Å². The predicted octanol–water partition coefficient (Wildman–Crippen LogP) is 0.370. The molecule has 0 spiro atoms. The highest BCUT2D eigenvalue weighted by atomic mass is 19.1. The number of nitrogens with two attached hydrogens (primary N) is 1. The average molecular weight is 180 g/mol. The summed E-state index contributed by atoms with van der Waals surface area (Å²) in [6.45, 7) is 0.483. The van der Waals surface area contributed by atoms with Gasteiger partial charge < -0.3 is 5.73 Å². The third-order valence-electron chi connectivity index (χ3n) is 1.83. The summed E-state index contributed by atoms with van der Waals surface area (Å²) in [4.78, 5) is 0. The van der Waals surface area contributed by atoms with Gasteiger partial charge in [0.05, 0.1) is 0 Å². The molecule has 0 fully saturated rings. The number of halogens is 1. The Morgan fingerprint density at radius 3 is 3.08 bits per heavy atom. The SMILES string of the molecule is NCCc1nnc2c(F)cccn12. The maximum atomic E-state index is 13.1. The van der Waals surface area contributed by atoms with Gasteiger partial charge in [-0.2, -0.15) is 0 Å². The maximum absolute atomic E-state index is 13.1. The topological polar surface area (TPSA) is 56.2 Å². The molecule has 0 aliphatic carbocycles. The number of hydrogen-bond acceptors (Lipinski definition) is 3. The molecule has 4 nitrogen and oxygen atoms in total. The van der Waals surface area contributed by atoms with E-state index in [2.05, 4.69) is 10.2 Å². The molecular formula is C8H9FN4. The van der Waals surface area contributed by atoms with E-state index in [-0.39, 0.29) is 11.5 Å². The first-order valence-electron chi connectivity index (χ1n) is 4.01. The molecule has 5 heteroatoms. The van der Waals surface area contributed by atoms with Gasteiger partial charge in [0.25, 0.3) is 0 Å². The van der Waals surface area contributed by atoms with Gasteiger partial charge in [0.1, 0.15) is 5.82 Å². The quantitative estimate of drug-likeness (QED) is 0.726. The van der Waals surface area contributed by atoms with Crippen molar-refractivity contribution in [3.63, 3.8) is 0 Å². The molecule has 2 rings (SSSR count). The standard InChI is InChI=1S/C8H9FN4/c9-6-2-1-5-13-7(3-4-10)11-12-8(6)13/h1-2,5H,3-4,10H2. The minimum atomic E-state index is -0.363. The third-order valence-corrected chi connectivity index (χ3v) is 1.83. The average Bonchev–Trinajstić information content (AvgIpc) is 2.51. The van der Waals surface area contributed by atoms with Gasteiger partial charge in [0.15, 0.2) is 11.5 Å². The normalized spacial score (nSPS) is 10.9. The minimum Gasteiger partial charge on any atom is -0.330 e. The second-order valence-corrected chi connectivity index (χ2v) is 2.70.